The third-order valence-corrected chi connectivity index (χ3v) is 4.70. The minimum atomic E-state index is -3.78. The summed E-state index contributed by atoms with van der Waals surface area (Å²) in [7, 11) is -3.78. The maximum atomic E-state index is 12.2. The van der Waals surface area contributed by atoms with Crippen LogP contribution in [-0.2, 0) is 14.8 Å². The van der Waals surface area contributed by atoms with Crippen molar-refractivity contribution in [1.29, 1.82) is 0 Å². The molecule has 0 saturated carbocycles. The first kappa shape index (κ1) is 16.5. The van der Waals surface area contributed by atoms with Crippen LogP contribution in [0.15, 0.2) is 59.5 Å². The second-order valence-corrected chi connectivity index (χ2v) is 6.80. The zero-order valence-electron chi connectivity index (χ0n) is 11.8. The van der Waals surface area contributed by atoms with E-state index in [0.717, 1.165) is 0 Å². The molecule has 2 aromatic carbocycles. The Kier molecular flexibility index (Phi) is 5.18. The van der Waals surface area contributed by atoms with Crippen LogP contribution >= 0.6 is 11.6 Å². The summed E-state index contributed by atoms with van der Waals surface area (Å²) in [6, 6.07) is 13.6. The molecule has 0 aliphatic carbocycles. The SMILES string of the molecule is C[C@@H](NS(=O)(=O)c1ccc(Cl)cc1)C(=O)Nc1ccccc1. The fourth-order valence-electron chi connectivity index (χ4n) is 1.74. The Balaban J connectivity index is 2.05. The number of hydrogen-bond acceptors (Lipinski definition) is 3. The second-order valence-electron chi connectivity index (χ2n) is 4.65. The van der Waals surface area contributed by atoms with Crippen molar-refractivity contribution in [2.45, 2.75) is 17.9 Å². The van der Waals surface area contributed by atoms with Crippen LogP contribution in [0.2, 0.25) is 5.02 Å². The van der Waals surface area contributed by atoms with Gasteiger partial charge >= 0.3 is 0 Å². The highest BCUT2D eigenvalue weighted by atomic mass is 35.5. The Bertz CT molecular complexity index is 746. The van der Waals surface area contributed by atoms with Gasteiger partial charge in [-0.3, -0.25) is 4.79 Å². The normalized spacial score (nSPS) is 12.6. The average Bonchev–Trinajstić information content (AvgIpc) is 2.48. The van der Waals surface area contributed by atoms with Gasteiger partial charge in [0.15, 0.2) is 0 Å². The van der Waals surface area contributed by atoms with E-state index in [4.69, 9.17) is 11.6 Å². The number of anilines is 1. The van der Waals surface area contributed by atoms with Crippen molar-refractivity contribution in [2.24, 2.45) is 0 Å². The van der Waals surface area contributed by atoms with Gasteiger partial charge in [-0.05, 0) is 43.3 Å². The predicted octanol–water partition coefficient (Wildman–Crippen LogP) is 2.65. The molecule has 0 aliphatic rings. The summed E-state index contributed by atoms with van der Waals surface area (Å²) >= 11 is 5.73. The van der Waals surface area contributed by atoms with Crippen LogP contribution in [0, 0.1) is 0 Å². The third kappa shape index (κ3) is 4.30. The van der Waals surface area contributed by atoms with E-state index in [1.54, 1.807) is 24.3 Å². The van der Waals surface area contributed by atoms with Crippen molar-refractivity contribution in [3.05, 3.63) is 59.6 Å². The smallest absolute Gasteiger partial charge is 0.242 e. The van der Waals surface area contributed by atoms with Crippen LogP contribution in [0.3, 0.4) is 0 Å². The Morgan fingerprint density at radius 3 is 2.23 bits per heavy atom. The van der Waals surface area contributed by atoms with Crippen molar-refractivity contribution in [3.63, 3.8) is 0 Å². The number of halogens is 1. The van der Waals surface area contributed by atoms with Crippen LogP contribution in [0.5, 0.6) is 0 Å². The summed E-state index contributed by atoms with van der Waals surface area (Å²) in [5, 5.41) is 3.08. The molecule has 0 fully saturated rings. The fraction of sp³-hybridized carbons (Fsp3) is 0.133. The van der Waals surface area contributed by atoms with E-state index in [1.165, 1.54) is 31.2 Å². The van der Waals surface area contributed by atoms with E-state index in [0.29, 0.717) is 10.7 Å². The van der Waals surface area contributed by atoms with Gasteiger partial charge in [-0.1, -0.05) is 29.8 Å². The van der Waals surface area contributed by atoms with Gasteiger partial charge in [0.25, 0.3) is 0 Å². The van der Waals surface area contributed by atoms with E-state index >= 15 is 0 Å². The van der Waals surface area contributed by atoms with Gasteiger partial charge in [-0.15, -0.1) is 0 Å². The third-order valence-electron chi connectivity index (χ3n) is 2.89. The van der Waals surface area contributed by atoms with Crippen LogP contribution in [-0.4, -0.2) is 20.4 Å². The molecule has 1 atom stereocenters. The zero-order valence-corrected chi connectivity index (χ0v) is 13.4. The molecule has 1 amide bonds. The van der Waals surface area contributed by atoms with Gasteiger partial charge in [-0.25, -0.2) is 8.42 Å². The molecule has 0 aliphatic heterocycles. The first-order valence-electron chi connectivity index (χ1n) is 6.52. The van der Waals surface area contributed by atoms with Crippen molar-refractivity contribution in [1.82, 2.24) is 4.72 Å². The molecule has 0 unspecified atom stereocenters. The Labute approximate surface area is 134 Å². The molecule has 22 heavy (non-hydrogen) atoms. The molecule has 7 heteroatoms. The number of carbonyl (C=O) groups excluding carboxylic acids is 1. The van der Waals surface area contributed by atoms with Crippen molar-refractivity contribution < 1.29 is 13.2 Å². The van der Waals surface area contributed by atoms with Crippen LogP contribution in [0.1, 0.15) is 6.92 Å². The van der Waals surface area contributed by atoms with E-state index in [9.17, 15) is 13.2 Å². The summed E-state index contributed by atoms with van der Waals surface area (Å²) in [6.07, 6.45) is 0. The van der Waals surface area contributed by atoms with Gasteiger partial charge in [-0.2, -0.15) is 4.72 Å². The lowest BCUT2D eigenvalue weighted by Crippen LogP contribution is -2.41. The molecule has 0 heterocycles. The molecule has 0 radical (unpaired) electrons. The predicted molar refractivity (Wildman–Crippen MR) is 86.3 cm³/mol. The van der Waals surface area contributed by atoms with Crippen molar-refractivity contribution >= 4 is 33.2 Å². The number of nitrogens with one attached hydrogen (secondary N) is 2. The maximum absolute atomic E-state index is 12.2. The van der Waals surface area contributed by atoms with E-state index in [2.05, 4.69) is 10.0 Å². The first-order valence-corrected chi connectivity index (χ1v) is 8.38. The minimum Gasteiger partial charge on any atom is -0.325 e. The van der Waals surface area contributed by atoms with Gasteiger partial charge in [0.1, 0.15) is 0 Å². The molecule has 2 rings (SSSR count). The highest BCUT2D eigenvalue weighted by Crippen LogP contribution is 2.14. The van der Waals surface area contributed by atoms with Gasteiger partial charge in [0.05, 0.1) is 10.9 Å². The van der Waals surface area contributed by atoms with Gasteiger partial charge in [0.2, 0.25) is 15.9 Å². The quantitative estimate of drug-likeness (QED) is 0.880. The summed E-state index contributed by atoms with van der Waals surface area (Å²) in [5.41, 5.74) is 0.602. The van der Waals surface area contributed by atoms with Gasteiger partial charge in [0, 0.05) is 10.7 Å². The molecular weight excluding hydrogens is 324 g/mol. The lowest BCUT2D eigenvalue weighted by molar-refractivity contribution is -0.117. The number of para-hydroxylation sites is 1. The number of sulfonamides is 1. The summed E-state index contributed by atoms with van der Waals surface area (Å²) in [4.78, 5) is 12.1. The van der Waals surface area contributed by atoms with E-state index < -0.39 is 22.0 Å². The highest BCUT2D eigenvalue weighted by Gasteiger charge is 2.22. The van der Waals surface area contributed by atoms with Crippen LogP contribution in [0.25, 0.3) is 0 Å². The summed E-state index contributed by atoms with van der Waals surface area (Å²) in [5.74, 6) is -0.441. The summed E-state index contributed by atoms with van der Waals surface area (Å²) < 4.78 is 26.7. The standard InChI is InChI=1S/C15H15ClN2O3S/c1-11(15(19)17-13-5-3-2-4-6-13)18-22(20,21)14-9-7-12(16)8-10-14/h2-11,18H,1H3,(H,17,19)/t11-/m1/s1. The lowest BCUT2D eigenvalue weighted by Gasteiger charge is -2.14. The number of amides is 1. The Morgan fingerprint density at radius 2 is 1.64 bits per heavy atom. The fourth-order valence-corrected chi connectivity index (χ4v) is 3.07. The van der Waals surface area contributed by atoms with Gasteiger partial charge < -0.3 is 5.32 Å². The molecule has 0 saturated heterocycles. The maximum Gasteiger partial charge on any atom is 0.242 e. The molecule has 0 bridgehead atoms. The molecule has 2 N–H and O–H groups in total. The van der Waals surface area contributed by atoms with E-state index in [1.807, 2.05) is 6.07 Å². The minimum absolute atomic E-state index is 0.0521. The monoisotopic (exact) mass is 338 g/mol. The summed E-state index contributed by atoms with van der Waals surface area (Å²) in [6.45, 7) is 1.48. The highest BCUT2D eigenvalue weighted by molar-refractivity contribution is 7.89. The molecule has 5 nitrogen and oxygen atoms in total. The number of benzene rings is 2. The Hall–Kier alpha value is -1.89. The second kappa shape index (κ2) is 6.91. The molecule has 0 aromatic heterocycles. The van der Waals surface area contributed by atoms with Crippen molar-refractivity contribution in [3.8, 4) is 0 Å². The van der Waals surface area contributed by atoms with Crippen LogP contribution < -0.4 is 10.0 Å². The average molecular weight is 339 g/mol. The topological polar surface area (TPSA) is 75.3 Å². The molecule has 2 aromatic rings. The number of carbonyl (C=O) groups is 1. The zero-order chi connectivity index (χ0) is 16.2. The molecule has 0 spiro atoms. The van der Waals surface area contributed by atoms with Crippen molar-refractivity contribution in [2.75, 3.05) is 5.32 Å². The first-order chi connectivity index (χ1) is 10.4. The number of hydrogen-bond donors (Lipinski definition) is 2. The molecular formula is C15H15ClN2O3S. The Morgan fingerprint density at radius 1 is 1.05 bits per heavy atom. The van der Waals surface area contributed by atoms with Crippen LogP contribution in [0.4, 0.5) is 5.69 Å². The number of rotatable bonds is 5. The van der Waals surface area contributed by atoms with E-state index in [-0.39, 0.29) is 4.90 Å². The molecule has 116 valence electrons. The largest absolute Gasteiger partial charge is 0.325 e. The lowest BCUT2D eigenvalue weighted by atomic mass is 10.3.